The van der Waals surface area contributed by atoms with E-state index in [1.165, 1.54) is 19.9 Å². The van der Waals surface area contributed by atoms with Crippen LogP contribution in [0, 0.1) is 11.8 Å². The Hall–Kier alpha value is -2.14. The number of aromatic nitrogens is 1. The van der Waals surface area contributed by atoms with Crippen LogP contribution in [0.1, 0.15) is 62.5 Å². The topological polar surface area (TPSA) is 16.1 Å². The second-order valence-corrected chi connectivity index (χ2v) is 8.84. The number of hydrogen-bond acceptors (Lipinski definition) is 2. The van der Waals surface area contributed by atoms with Gasteiger partial charge in [0.15, 0.2) is 0 Å². The first-order valence-corrected chi connectivity index (χ1v) is 10.3. The fourth-order valence-corrected chi connectivity index (χ4v) is 4.81. The molecular weight excluding hydrogens is 373 g/mol. The SMILES string of the molecule is CCc1cc(F)c([C@@H]2C3=C(C[C@@H](C)N2CC(C)(C)F)c2ccccc2C3)c(F)n1. The van der Waals surface area contributed by atoms with Crippen LogP contribution < -0.4 is 0 Å². The van der Waals surface area contributed by atoms with Crippen molar-refractivity contribution in [1.29, 1.82) is 0 Å². The van der Waals surface area contributed by atoms with Crippen LogP contribution in [0.2, 0.25) is 0 Å². The minimum absolute atomic E-state index is 0.0513. The van der Waals surface area contributed by atoms with Gasteiger partial charge in [-0.05, 0) is 68.4 Å². The summed E-state index contributed by atoms with van der Waals surface area (Å²) in [5, 5.41) is 0. The highest BCUT2D eigenvalue weighted by atomic mass is 19.1. The number of fused-ring (bicyclic) bond motifs is 2. The summed E-state index contributed by atoms with van der Waals surface area (Å²) in [6.45, 7) is 6.94. The second kappa shape index (κ2) is 7.28. The predicted octanol–water partition coefficient (Wildman–Crippen LogP) is 5.82. The summed E-state index contributed by atoms with van der Waals surface area (Å²) in [4.78, 5) is 5.91. The molecule has 154 valence electrons. The van der Waals surface area contributed by atoms with E-state index < -0.39 is 23.5 Å². The normalized spacial score (nSPS) is 22.0. The first kappa shape index (κ1) is 20.1. The monoisotopic (exact) mass is 400 g/mol. The summed E-state index contributed by atoms with van der Waals surface area (Å²) < 4.78 is 45.0. The zero-order valence-electron chi connectivity index (χ0n) is 17.4. The largest absolute Gasteiger partial charge is 0.286 e. The van der Waals surface area contributed by atoms with Crippen molar-refractivity contribution >= 4 is 5.57 Å². The molecule has 2 aliphatic rings. The smallest absolute Gasteiger partial charge is 0.221 e. The number of alkyl halides is 1. The number of benzene rings is 1. The lowest BCUT2D eigenvalue weighted by molar-refractivity contribution is 0.0673. The number of nitrogens with zero attached hydrogens (tertiary/aromatic N) is 2. The number of aryl methyl sites for hydroxylation is 1. The lowest BCUT2D eigenvalue weighted by atomic mass is 9.84. The fraction of sp³-hybridized carbons (Fsp3) is 0.458. The molecule has 0 N–H and O–H groups in total. The van der Waals surface area contributed by atoms with Gasteiger partial charge in [-0.1, -0.05) is 31.2 Å². The molecule has 29 heavy (non-hydrogen) atoms. The Labute approximate surface area is 170 Å². The molecular formula is C24H27F3N2. The Kier molecular flexibility index (Phi) is 5.06. The zero-order chi connectivity index (χ0) is 20.9. The molecule has 2 aromatic rings. The molecule has 0 radical (unpaired) electrons. The van der Waals surface area contributed by atoms with Crippen molar-refractivity contribution < 1.29 is 13.2 Å². The third-order valence-corrected chi connectivity index (χ3v) is 6.05. The Balaban J connectivity index is 1.90. The quantitative estimate of drug-likeness (QED) is 0.602. The van der Waals surface area contributed by atoms with Gasteiger partial charge in [-0.2, -0.15) is 4.39 Å². The average Bonchev–Trinajstić information content (AvgIpc) is 3.00. The van der Waals surface area contributed by atoms with Gasteiger partial charge in [0, 0.05) is 18.3 Å². The van der Waals surface area contributed by atoms with Crippen molar-refractivity contribution in [3.05, 3.63) is 70.1 Å². The maximum atomic E-state index is 15.2. The third kappa shape index (κ3) is 3.61. The van der Waals surface area contributed by atoms with Crippen LogP contribution in [-0.2, 0) is 12.8 Å². The summed E-state index contributed by atoms with van der Waals surface area (Å²) in [6.07, 6.45) is 1.82. The summed E-state index contributed by atoms with van der Waals surface area (Å²) in [5.74, 6) is -1.39. The summed E-state index contributed by atoms with van der Waals surface area (Å²) >= 11 is 0. The van der Waals surface area contributed by atoms with Crippen molar-refractivity contribution in [2.24, 2.45) is 0 Å². The molecule has 0 fully saturated rings. The molecule has 1 aromatic carbocycles. The molecule has 0 unspecified atom stereocenters. The van der Waals surface area contributed by atoms with Gasteiger partial charge in [-0.15, -0.1) is 0 Å². The molecule has 1 aromatic heterocycles. The number of pyridine rings is 1. The van der Waals surface area contributed by atoms with Crippen molar-refractivity contribution in [2.75, 3.05) is 6.54 Å². The number of hydrogen-bond donors (Lipinski definition) is 0. The molecule has 0 spiro atoms. The van der Waals surface area contributed by atoms with Crippen molar-refractivity contribution in [2.45, 2.75) is 64.7 Å². The van der Waals surface area contributed by atoms with Gasteiger partial charge in [0.25, 0.3) is 0 Å². The van der Waals surface area contributed by atoms with Gasteiger partial charge in [0.1, 0.15) is 11.5 Å². The molecule has 1 aliphatic heterocycles. The van der Waals surface area contributed by atoms with Gasteiger partial charge in [0.05, 0.1) is 11.6 Å². The first-order valence-electron chi connectivity index (χ1n) is 10.3. The maximum absolute atomic E-state index is 15.2. The van der Waals surface area contributed by atoms with E-state index in [9.17, 15) is 4.39 Å². The van der Waals surface area contributed by atoms with E-state index in [2.05, 4.69) is 17.1 Å². The molecule has 0 bridgehead atoms. The third-order valence-electron chi connectivity index (χ3n) is 6.05. The summed E-state index contributed by atoms with van der Waals surface area (Å²) in [6, 6.07) is 8.71. The molecule has 0 amide bonds. The highest BCUT2D eigenvalue weighted by molar-refractivity contribution is 5.79. The Morgan fingerprint density at radius 1 is 1.21 bits per heavy atom. The van der Waals surface area contributed by atoms with Gasteiger partial charge < -0.3 is 0 Å². The number of rotatable bonds is 4. The standard InChI is InChI=1S/C24H27F3N2/c1-5-16-12-20(25)21(23(26)28-16)22-19-11-15-8-6-7-9-17(15)18(19)10-14(2)29(22)13-24(3,4)27/h6-9,12,14,22H,5,10-11,13H2,1-4H3/t14-,22+/m1/s1. The molecule has 5 heteroatoms. The Morgan fingerprint density at radius 3 is 2.59 bits per heavy atom. The van der Waals surface area contributed by atoms with Crippen LogP contribution in [-0.4, -0.2) is 28.1 Å². The molecule has 2 atom stereocenters. The summed E-state index contributed by atoms with van der Waals surface area (Å²) in [7, 11) is 0. The van der Waals surface area contributed by atoms with Gasteiger partial charge in [0.2, 0.25) is 5.95 Å². The van der Waals surface area contributed by atoms with Gasteiger partial charge in [-0.25, -0.2) is 13.8 Å². The molecule has 2 heterocycles. The van der Waals surface area contributed by atoms with Crippen molar-refractivity contribution in [3.8, 4) is 0 Å². The van der Waals surface area contributed by atoms with E-state index in [1.54, 1.807) is 0 Å². The Morgan fingerprint density at radius 2 is 1.93 bits per heavy atom. The van der Waals surface area contributed by atoms with Crippen molar-refractivity contribution in [1.82, 2.24) is 9.88 Å². The molecule has 1 aliphatic carbocycles. The van der Waals surface area contributed by atoms with E-state index in [1.807, 2.05) is 30.9 Å². The van der Waals surface area contributed by atoms with Crippen LogP contribution in [0.3, 0.4) is 0 Å². The summed E-state index contributed by atoms with van der Waals surface area (Å²) in [5.41, 5.74) is 3.27. The first-order chi connectivity index (χ1) is 13.7. The molecule has 0 saturated carbocycles. The van der Waals surface area contributed by atoms with Crippen LogP contribution in [0.4, 0.5) is 13.2 Å². The lowest BCUT2D eigenvalue weighted by Gasteiger charge is -2.44. The average molecular weight is 400 g/mol. The molecule has 2 nitrogen and oxygen atoms in total. The highest BCUT2D eigenvalue weighted by Crippen LogP contribution is 2.49. The van der Waals surface area contributed by atoms with E-state index in [0.717, 1.165) is 28.7 Å². The van der Waals surface area contributed by atoms with Crippen molar-refractivity contribution in [3.63, 3.8) is 0 Å². The molecule has 4 rings (SSSR count). The van der Waals surface area contributed by atoms with Crippen LogP contribution >= 0.6 is 0 Å². The highest BCUT2D eigenvalue weighted by Gasteiger charge is 2.43. The van der Waals surface area contributed by atoms with E-state index in [4.69, 9.17) is 0 Å². The van der Waals surface area contributed by atoms with Crippen LogP contribution in [0.5, 0.6) is 0 Å². The predicted molar refractivity (Wildman–Crippen MR) is 109 cm³/mol. The van der Waals surface area contributed by atoms with E-state index >= 15 is 8.78 Å². The fourth-order valence-electron chi connectivity index (χ4n) is 4.81. The number of halogens is 3. The van der Waals surface area contributed by atoms with Crippen LogP contribution in [0.25, 0.3) is 5.57 Å². The van der Waals surface area contributed by atoms with E-state index in [0.29, 0.717) is 18.5 Å². The molecule has 0 saturated heterocycles. The van der Waals surface area contributed by atoms with Crippen LogP contribution in [0.15, 0.2) is 35.9 Å². The van der Waals surface area contributed by atoms with Gasteiger partial charge in [-0.3, -0.25) is 4.90 Å². The minimum Gasteiger partial charge on any atom is -0.286 e. The minimum atomic E-state index is -1.49. The maximum Gasteiger partial charge on any atom is 0.221 e. The lowest BCUT2D eigenvalue weighted by Crippen LogP contribution is -2.47. The van der Waals surface area contributed by atoms with Gasteiger partial charge >= 0.3 is 0 Å². The van der Waals surface area contributed by atoms with E-state index in [-0.39, 0.29) is 18.2 Å². The zero-order valence-corrected chi connectivity index (χ0v) is 17.4. The Bertz CT molecular complexity index is 951. The second-order valence-electron chi connectivity index (χ2n) is 8.84.